The lowest BCUT2D eigenvalue weighted by atomic mass is 9.90. The molecule has 3 rings (SSSR count). The number of allylic oxidation sites excluding steroid dienone is 1. The van der Waals surface area contributed by atoms with Gasteiger partial charge in [0.25, 0.3) is 11.9 Å². The van der Waals surface area contributed by atoms with Gasteiger partial charge in [0.2, 0.25) is 0 Å². The third-order valence-corrected chi connectivity index (χ3v) is 4.12. The van der Waals surface area contributed by atoms with Gasteiger partial charge in [0.1, 0.15) is 22.8 Å². The minimum Gasteiger partial charge on any atom is -0.431 e. The normalized spacial score (nSPS) is 18.8. The molecule has 3 N–H and O–H groups in total. The highest BCUT2D eigenvalue weighted by Gasteiger charge is 2.31. The number of rotatable bonds is 4. The summed E-state index contributed by atoms with van der Waals surface area (Å²) in [6.07, 6.45) is 4.85. The molecule has 7 heteroatoms. The largest absolute Gasteiger partial charge is 0.431 e. The third-order valence-electron chi connectivity index (χ3n) is 4.12. The van der Waals surface area contributed by atoms with Crippen LogP contribution in [0.5, 0.6) is 0 Å². The van der Waals surface area contributed by atoms with Crippen molar-refractivity contribution < 1.29 is 13.9 Å². The van der Waals surface area contributed by atoms with Gasteiger partial charge in [-0.3, -0.25) is 9.78 Å². The Labute approximate surface area is 156 Å². The molecule has 0 saturated carbocycles. The highest BCUT2D eigenvalue weighted by atomic mass is 19.1. The summed E-state index contributed by atoms with van der Waals surface area (Å²) in [7, 11) is 0. The second-order valence-electron chi connectivity index (χ2n) is 6.28. The number of ether oxygens (including phenoxy) is 1. The summed E-state index contributed by atoms with van der Waals surface area (Å²) >= 11 is 0. The topological polar surface area (TPSA) is 89.6 Å². The number of pyridine rings is 1. The second-order valence-corrected chi connectivity index (χ2v) is 6.28. The van der Waals surface area contributed by atoms with Crippen molar-refractivity contribution in [3.05, 3.63) is 77.6 Å². The molecule has 0 bridgehead atoms. The fourth-order valence-electron chi connectivity index (χ4n) is 2.86. The molecule has 0 unspecified atom stereocenters. The van der Waals surface area contributed by atoms with E-state index in [1.807, 2.05) is 0 Å². The summed E-state index contributed by atoms with van der Waals surface area (Å²) in [5.74, 6) is -0.355. The van der Waals surface area contributed by atoms with Gasteiger partial charge in [-0.1, -0.05) is 18.7 Å². The molecule has 0 saturated heterocycles. The average molecular weight is 366 g/mol. The van der Waals surface area contributed by atoms with Crippen molar-refractivity contribution in [3.8, 4) is 0 Å². The molecule has 2 heterocycles. The van der Waals surface area contributed by atoms with E-state index >= 15 is 0 Å². The summed E-state index contributed by atoms with van der Waals surface area (Å²) in [5, 5.41) is 2.72. The van der Waals surface area contributed by atoms with Gasteiger partial charge < -0.3 is 15.8 Å². The first-order valence-corrected chi connectivity index (χ1v) is 8.23. The minimum absolute atomic E-state index is 0.0437. The van der Waals surface area contributed by atoms with Crippen molar-refractivity contribution in [2.75, 3.05) is 5.32 Å². The van der Waals surface area contributed by atoms with Gasteiger partial charge >= 0.3 is 0 Å². The zero-order valence-electron chi connectivity index (χ0n) is 15.0. The molecule has 1 aromatic carbocycles. The Kier molecular flexibility index (Phi) is 4.77. The number of carbonyl (C=O) groups excluding carboxylic acids is 1. The number of amidine groups is 1. The Bertz CT molecular complexity index is 946. The lowest BCUT2D eigenvalue weighted by Gasteiger charge is -2.27. The molecule has 1 aliphatic heterocycles. The minimum atomic E-state index is -1.04. The van der Waals surface area contributed by atoms with Gasteiger partial charge in [0, 0.05) is 17.4 Å². The Hall–Kier alpha value is -3.48. The molecule has 1 atom stereocenters. The maximum absolute atomic E-state index is 14.5. The molecule has 0 radical (unpaired) electrons. The number of anilines is 1. The third kappa shape index (κ3) is 3.87. The van der Waals surface area contributed by atoms with Crippen LogP contribution in [0.4, 0.5) is 10.1 Å². The lowest BCUT2D eigenvalue weighted by molar-refractivity contribution is 0.102. The van der Waals surface area contributed by atoms with E-state index in [9.17, 15) is 9.18 Å². The first-order valence-electron chi connectivity index (χ1n) is 8.23. The molecule has 1 aliphatic rings. The number of hydrogen-bond donors (Lipinski definition) is 2. The van der Waals surface area contributed by atoms with Crippen LogP contribution in [0.1, 0.15) is 35.5 Å². The van der Waals surface area contributed by atoms with E-state index in [1.54, 1.807) is 44.3 Å². The predicted octanol–water partition coefficient (Wildman–Crippen LogP) is 3.58. The Morgan fingerprint density at radius 1 is 1.37 bits per heavy atom. The zero-order chi connectivity index (χ0) is 19.6. The van der Waals surface area contributed by atoms with Gasteiger partial charge in [-0.05, 0) is 49.8 Å². The summed E-state index contributed by atoms with van der Waals surface area (Å²) < 4.78 is 19.7. The van der Waals surface area contributed by atoms with Gasteiger partial charge in [0.15, 0.2) is 0 Å². The highest BCUT2D eigenvalue weighted by Crippen LogP contribution is 2.34. The van der Waals surface area contributed by atoms with Crippen LogP contribution in [-0.4, -0.2) is 16.9 Å². The van der Waals surface area contributed by atoms with Crippen LogP contribution in [0.15, 0.2) is 59.9 Å². The van der Waals surface area contributed by atoms with Gasteiger partial charge in [0.05, 0.1) is 0 Å². The summed E-state index contributed by atoms with van der Waals surface area (Å²) in [6.45, 7) is 7.07. The Balaban J connectivity index is 1.90. The van der Waals surface area contributed by atoms with E-state index in [2.05, 4.69) is 21.9 Å². The van der Waals surface area contributed by atoms with Gasteiger partial charge in [-0.25, -0.2) is 9.38 Å². The molecule has 138 valence electrons. The van der Waals surface area contributed by atoms with Crippen molar-refractivity contribution in [1.82, 2.24) is 4.98 Å². The van der Waals surface area contributed by atoms with E-state index in [1.165, 1.54) is 18.2 Å². The van der Waals surface area contributed by atoms with Crippen LogP contribution in [0.2, 0.25) is 0 Å². The lowest BCUT2D eigenvalue weighted by Crippen LogP contribution is -2.30. The van der Waals surface area contributed by atoms with Crippen molar-refractivity contribution in [1.29, 1.82) is 0 Å². The van der Waals surface area contributed by atoms with Crippen molar-refractivity contribution >= 4 is 23.7 Å². The van der Waals surface area contributed by atoms with Gasteiger partial charge in [-0.15, -0.1) is 0 Å². The van der Waals surface area contributed by atoms with Crippen LogP contribution in [0.3, 0.4) is 0 Å². The predicted molar refractivity (Wildman–Crippen MR) is 102 cm³/mol. The summed E-state index contributed by atoms with van der Waals surface area (Å²) in [5.41, 5.74) is 6.37. The number of nitrogens with two attached hydrogens (primary N) is 1. The Morgan fingerprint density at radius 2 is 2.15 bits per heavy atom. The average Bonchev–Trinajstić information content (AvgIpc) is 2.62. The van der Waals surface area contributed by atoms with Crippen molar-refractivity contribution in [2.45, 2.75) is 19.4 Å². The first-order chi connectivity index (χ1) is 12.8. The summed E-state index contributed by atoms with van der Waals surface area (Å²) in [6, 6.07) is 7.55. The Morgan fingerprint density at radius 3 is 2.78 bits per heavy atom. The van der Waals surface area contributed by atoms with E-state index < -0.39 is 17.3 Å². The van der Waals surface area contributed by atoms with E-state index in [-0.39, 0.29) is 17.3 Å². The van der Waals surface area contributed by atoms with Crippen LogP contribution in [-0.2, 0) is 10.3 Å². The first kappa shape index (κ1) is 18.3. The molecular weight excluding hydrogens is 347 g/mol. The smallest absolute Gasteiger partial charge is 0.288 e. The van der Waals surface area contributed by atoms with Crippen LogP contribution < -0.4 is 11.1 Å². The molecule has 0 aliphatic carbocycles. The molecular formula is C20H19FN4O2. The zero-order valence-corrected chi connectivity index (χ0v) is 15.0. The summed E-state index contributed by atoms with van der Waals surface area (Å²) in [4.78, 5) is 20.7. The number of benzene rings is 1. The molecule has 6 nitrogen and oxygen atoms in total. The standard InChI is InChI=1S/C20H19FN4O2/c1-4-13-5-8-17(23-11-13)18(26)24-14-6-7-16(21)15(9-14)20(3)10-12(2)27-19(22)25-20/h4-11H,1H2,2-3H3,(H2,22,25)(H,24,26)/t20-/m0/s1. The molecule has 1 aromatic heterocycles. The van der Waals surface area contributed by atoms with Crippen LogP contribution in [0, 0.1) is 5.82 Å². The highest BCUT2D eigenvalue weighted by molar-refractivity contribution is 6.02. The number of nitrogens with zero attached hydrogens (tertiary/aromatic N) is 2. The monoisotopic (exact) mass is 366 g/mol. The maximum Gasteiger partial charge on any atom is 0.288 e. The molecule has 27 heavy (non-hydrogen) atoms. The number of halogens is 1. The van der Waals surface area contributed by atoms with Crippen molar-refractivity contribution in [3.63, 3.8) is 0 Å². The number of amides is 1. The number of aliphatic imine (C=N–C) groups is 1. The van der Waals surface area contributed by atoms with E-state index in [4.69, 9.17) is 10.5 Å². The van der Waals surface area contributed by atoms with Gasteiger partial charge in [-0.2, -0.15) is 0 Å². The van der Waals surface area contributed by atoms with Crippen LogP contribution >= 0.6 is 0 Å². The second kappa shape index (κ2) is 7.03. The molecule has 0 spiro atoms. The molecule has 2 aromatic rings. The number of aromatic nitrogens is 1. The number of nitrogens with one attached hydrogen (secondary N) is 1. The van der Waals surface area contributed by atoms with E-state index in [0.29, 0.717) is 11.4 Å². The fourth-order valence-corrected chi connectivity index (χ4v) is 2.86. The molecule has 1 amide bonds. The van der Waals surface area contributed by atoms with Crippen molar-refractivity contribution in [2.24, 2.45) is 10.7 Å². The number of hydrogen-bond acceptors (Lipinski definition) is 5. The fraction of sp³-hybridized carbons (Fsp3) is 0.150. The van der Waals surface area contributed by atoms with E-state index in [0.717, 1.165) is 5.56 Å². The number of carbonyl (C=O) groups is 1. The quantitative estimate of drug-likeness (QED) is 0.865. The van der Waals surface area contributed by atoms with Crippen LogP contribution in [0.25, 0.3) is 6.08 Å². The molecule has 0 fully saturated rings. The SMILES string of the molecule is C=Cc1ccc(C(=O)Nc2ccc(F)c([C@]3(C)C=C(C)OC(N)=N3)c2)nc1. The maximum atomic E-state index is 14.5.